The maximum absolute atomic E-state index is 13.4. The Bertz CT molecular complexity index is 866. The molecule has 0 aromatic heterocycles. The second-order valence-corrected chi connectivity index (χ2v) is 7.51. The van der Waals surface area contributed by atoms with Gasteiger partial charge in [0.05, 0.1) is 23.2 Å². The van der Waals surface area contributed by atoms with Gasteiger partial charge in [-0.15, -0.1) is 0 Å². The van der Waals surface area contributed by atoms with Crippen LogP contribution in [0.3, 0.4) is 0 Å². The molecule has 0 bridgehead atoms. The lowest BCUT2D eigenvalue weighted by molar-refractivity contribution is -0.123. The lowest BCUT2D eigenvalue weighted by Gasteiger charge is -2.35. The predicted molar refractivity (Wildman–Crippen MR) is 102 cm³/mol. The van der Waals surface area contributed by atoms with Crippen LogP contribution in [-0.2, 0) is 9.59 Å². The predicted octanol–water partition coefficient (Wildman–Crippen LogP) is 3.99. The van der Waals surface area contributed by atoms with Gasteiger partial charge in [-0.05, 0) is 55.6 Å². The zero-order valence-electron chi connectivity index (χ0n) is 14.8. The normalized spacial score (nSPS) is 21.9. The number of likely N-dealkylation sites (tertiary alicyclic amines) is 1. The van der Waals surface area contributed by atoms with Crippen LogP contribution in [-0.4, -0.2) is 35.8 Å². The van der Waals surface area contributed by atoms with Crippen molar-refractivity contribution in [2.24, 2.45) is 0 Å². The lowest BCUT2D eigenvalue weighted by Crippen LogP contribution is -2.45. The quantitative estimate of drug-likeness (QED) is 0.749. The minimum Gasteiger partial charge on any atom is -0.291 e. The van der Waals surface area contributed by atoms with Crippen LogP contribution in [0, 0.1) is 5.82 Å². The summed E-state index contributed by atoms with van der Waals surface area (Å²) >= 11 is 5.81. The van der Waals surface area contributed by atoms with Gasteiger partial charge in [0, 0.05) is 0 Å². The molecule has 0 spiro atoms. The van der Waals surface area contributed by atoms with E-state index in [1.165, 1.54) is 23.8 Å². The van der Waals surface area contributed by atoms with Crippen molar-refractivity contribution < 1.29 is 14.0 Å². The van der Waals surface area contributed by atoms with Crippen molar-refractivity contribution in [2.75, 3.05) is 18.0 Å². The van der Waals surface area contributed by atoms with Crippen LogP contribution in [0.5, 0.6) is 0 Å². The summed E-state index contributed by atoms with van der Waals surface area (Å²) in [6.45, 7) is 1.56. The van der Waals surface area contributed by atoms with Crippen molar-refractivity contribution in [3.8, 4) is 0 Å². The summed E-state index contributed by atoms with van der Waals surface area (Å²) in [7, 11) is 0. The van der Waals surface area contributed by atoms with Crippen molar-refractivity contribution in [1.29, 1.82) is 0 Å². The van der Waals surface area contributed by atoms with Gasteiger partial charge in [-0.25, -0.2) is 9.29 Å². The molecule has 2 fully saturated rings. The highest BCUT2D eigenvalue weighted by Gasteiger charge is 2.43. The number of amides is 2. The molecule has 4 nitrogen and oxygen atoms in total. The number of nitrogens with zero attached hydrogens (tertiary/aromatic N) is 2. The van der Waals surface area contributed by atoms with E-state index in [0.29, 0.717) is 11.6 Å². The van der Waals surface area contributed by atoms with Gasteiger partial charge in [-0.1, -0.05) is 41.9 Å². The minimum atomic E-state index is -0.570. The Morgan fingerprint density at radius 3 is 2.37 bits per heavy atom. The Kier molecular flexibility index (Phi) is 4.98. The second-order valence-electron chi connectivity index (χ2n) is 7.11. The molecule has 1 atom stereocenters. The van der Waals surface area contributed by atoms with Crippen molar-refractivity contribution >= 4 is 29.1 Å². The molecule has 2 heterocycles. The molecule has 2 aromatic carbocycles. The SMILES string of the molecule is O=C1C[C@H](N2CCC(c3ccccc3)CC2)C(=O)N1c1ccc(F)c(Cl)c1. The van der Waals surface area contributed by atoms with Gasteiger partial charge in [0.25, 0.3) is 5.91 Å². The van der Waals surface area contributed by atoms with Gasteiger partial charge >= 0.3 is 0 Å². The summed E-state index contributed by atoms with van der Waals surface area (Å²) in [5, 5.41) is -0.0970. The van der Waals surface area contributed by atoms with Crippen molar-refractivity contribution in [3.63, 3.8) is 0 Å². The van der Waals surface area contributed by atoms with E-state index in [2.05, 4.69) is 17.0 Å². The molecule has 27 heavy (non-hydrogen) atoms. The highest BCUT2D eigenvalue weighted by Crippen LogP contribution is 2.33. The fourth-order valence-electron chi connectivity index (χ4n) is 4.07. The summed E-state index contributed by atoms with van der Waals surface area (Å²) in [4.78, 5) is 28.6. The Balaban J connectivity index is 1.45. The van der Waals surface area contributed by atoms with Crippen LogP contribution in [0.15, 0.2) is 48.5 Å². The number of imide groups is 1. The van der Waals surface area contributed by atoms with Crippen LogP contribution < -0.4 is 4.90 Å². The fourth-order valence-corrected chi connectivity index (χ4v) is 4.24. The number of carbonyl (C=O) groups excluding carboxylic acids is 2. The van der Waals surface area contributed by atoms with Gasteiger partial charge in [-0.3, -0.25) is 14.5 Å². The number of hydrogen-bond acceptors (Lipinski definition) is 3. The average Bonchev–Trinajstić information content (AvgIpc) is 2.99. The highest BCUT2D eigenvalue weighted by molar-refractivity contribution is 6.31. The fraction of sp³-hybridized carbons (Fsp3) is 0.333. The van der Waals surface area contributed by atoms with Crippen LogP contribution in [0.25, 0.3) is 0 Å². The Hall–Kier alpha value is -2.24. The topological polar surface area (TPSA) is 40.6 Å². The summed E-state index contributed by atoms with van der Waals surface area (Å²) in [6.07, 6.45) is 2.08. The molecule has 2 aliphatic rings. The van der Waals surface area contributed by atoms with E-state index in [4.69, 9.17) is 11.6 Å². The molecule has 140 valence electrons. The molecule has 4 rings (SSSR count). The van der Waals surface area contributed by atoms with Crippen molar-refractivity contribution in [2.45, 2.75) is 31.2 Å². The van der Waals surface area contributed by atoms with Gasteiger partial charge in [0.2, 0.25) is 5.91 Å². The van der Waals surface area contributed by atoms with Gasteiger partial charge < -0.3 is 0 Å². The van der Waals surface area contributed by atoms with Crippen LogP contribution in [0.2, 0.25) is 5.02 Å². The first-order chi connectivity index (χ1) is 13.0. The highest BCUT2D eigenvalue weighted by atomic mass is 35.5. The molecule has 0 radical (unpaired) electrons. The van der Waals surface area contributed by atoms with E-state index in [1.54, 1.807) is 0 Å². The number of anilines is 1. The molecular weight excluding hydrogens is 367 g/mol. The van der Waals surface area contributed by atoms with Gasteiger partial charge in [-0.2, -0.15) is 0 Å². The summed E-state index contributed by atoms with van der Waals surface area (Å²) in [6, 6.07) is 13.9. The molecule has 2 aromatic rings. The molecule has 6 heteroatoms. The largest absolute Gasteiger partial charge is 0.291 e. The second kappa shape index (κ2) is 7.41. The average molecular weight is 387 g/mol. The molecule has 2 amide bonds. The first-order valence-corrected chi connectivity index (χ1v) is 9.53. The number of hydrogen-bond donors (Lipinski definition) is 0. The zero-order valence-corrected chi connectivity index (χ0v) is 15.5. The summed E-state index contributed by atoms with van der Waals surface area (Å²) in [5.74, 6) is -0.598. The third-order valence-corrected chi connectivity index (χ3v) is 5.82. The third kappa shape index (κ3) is 3.49. The van der Waals surface area contributed by atoms with E-state index in [9.17, 15) is 14.0 Å². The lowest BCUT2D eigenvalue weighted by atomic mass is 9.89. The zero-order chi connectivity index (χ0) is 19.0. The maximum atomic E-state index is 13.4. The van der Waals surface area contributed by atoms with Crippen molar-refractivity contribution in [1.82, 2.24) is 4.90 Å². The Morgan fingerprint density at radius 2 is 1.70 bits per heavy atom. The standard InChI is InChI=1S/C21H20ClFN2O2/c22-17-12-16(6-7-18(17)23)25-20(26)13-19(21(25)27)24-10-8-15(9-11-24)14-4-2-1-3-5-14/h1-7,12,15,19H,8-11,13H2/t19-/m0/s1. The minimum absolute atomic E-state index is 0.0970. The van der Waals surface area contributed by atoms with E-state index < -0.39 is 11.9 Å². The first kappa shape index (κ1) is 18.1. The third-order valence-electron chi connectivity index (χ3n) is 5.53. The molecule has 2 aliphatic heterocycles. The van der Waals surface area contributed by atoms with Gasteiger partial charge in [0.1, 0.15) is 5.82 Å². The first-order valence-electron chi connectivity index (χ1n) is 9.15. The summed E-state index contributed by atoms with van der Waals surface area (Å²) < 4.78 is 13.4. The summed E-state index contributed by atoms with van der Waals surface area (Å²) in [5.41, 5.74) is 1.66. The monoisotopic (exact) mass is 386 g/mol. The molecule has 2 saturated heterocycles. The Labute approximate surface area is 162 Å². The van der Waals surface area contributed by atoms with Crippen molar-refractivity contribution in [3.05, 3.63) is 64.9 Å². The van der Waals surface area contributed by atoms with Crippen LogP contribution >= 0.6 is 11.6 Å². The number of halogens is 2. The molecule has 0 aliphatic carbocycles. The maximum Gasteiger partial charge on any atom is 0.251 e. The van der Waals surface area contributed by atoms with E-state index in [-0.39, 0.29) is 23.3 Å². The van der Waals surface area contributed by atoms with Crippen LogP contribution in [0.4, 0.5) is 10.1 Å². The van der Waals surface area contributed by atoms with E-state index in [0.717, 1.165) is 30.8 Å². The smallest absolute Gasteiger partial charge is 0.251 e. The number of benzene rings is 2. The van der Waals surface area contributed by atoms with Crippen LogP contribution in [0.1, 0.15) is 30.7 Å². The molecule has 0 N–H and O–H groups in total. The number of carbonyl (C=O) groups is 2. The number of piperidine rings is 1. The number of rotatable bonds is 3. The van der Waals surface area contributed by atoms with E-state index >= 15 is 0 Å². The molecule has 0 unspecified atom stereocenters. The van der Waals surface area contributed by atoms with Gasteiger partial charge in [0.15, 0.2) is 0 Å². The molecule has 0 saturated carbocycles. The molecular formula is C21H20ClFN2O2. The van der Waals surface area contributed by atoms with E-state index in [1.807, 2.05) is 18.2 Å². The Morgan fingerprint density at radius 1 is 1.00 bits per heavy atom.